The summed E-state index contributed by atoms with van der Waals surface area (Å²) in [5, 5.41) is 8.76. The fourth-order valence-corrected chi connectivity index (χ4v) is 1.78. The Kier molecular flexibility index (Phi) is 2.60. The van der Waals surface area contributed by atoms with E-state index in [1.54, 1.807) is 12.3 Å². The maximum atomic E-state index is 8.76. The molecule has 1 aromatic heterocycles. The van der Waals surface area contributed by atoms with E-state index in [9.17, 15) is 0 Å². The van der Waals surface area contributed by atoms with Crippen LogP contribution in [-0.4, -0.2) is 4.98 Å². The summed E-state index contributed by atoms with van der Waals surface area (Å²) in [6, 6.07) is 5.78. The number of hydrogen-bond donors (Lipinski definition) is 0. The molecule has 0 amide bonds. The van der Waals surface area contributed by atoms with E-state index >= 15 is 0 Å². The van der Waals surface area contributed by atoms with Crippen molar-refractivity contribution < 1.29 is 0 Å². The molecule has 0 radical (unpaired) electrons. The highest BCUT2D eigenvalue weighted by Gasteiger charge is 2.12. The number of allylic oxidation sites excluding steroid dienone is 2. The fraction of sp³-hybridized carbons (Fsp3) is 0.333. The van der Waals surface area contributed by atoms with E-state index in [4.69, 9.17) is 5.26 Å². The first-order chi connectivity index (χ1) is 6.90. The molecule has 1 unspecified atom stereocenters. The molecule has 14 heavy (non-hydrogen) atoms. The molecule has 1 atom stereocenters. The third-order valence-corrected chi connectivity index (χ3v) is 2.54. The van der Waals surface area contributed by atoms with Crippen molar-refractivity contribution in [3.05, 3.63) is 41.7 Å². The number of nitrogens with zero attached hydrogens (tertiary/aromatic N) is 2. The first kappa shape index (κ1) is 8.96. The second kappa shape index (κ2) is 4.06. The van der Waals surface area contributed by atoms with Crippen molar-refractivity contribution in [2.75, 3.05) is 0 Å². The van der Waals surface area contributed by atoms with Crippen LogP contribution in [0, 0.1) is 11.3 Å². The number of aromatic nitrogens is 1. The Morgan fingerprint density at radius 1 is 1.50 bits per heavy atom. The quantitative estimate of drug-likeness (QED) is 0.629. The van der Waals surface area contributed by atoms with Gasteiger partial charge in [0.05, 0.1) is 11.6 Å². The summed E-state index contributed by atoms with van der Waals surface area (Å²) in [6.45, 7) is 0. The molecule has 0 aromatic carbocycles. The van der Waals surface area contributed by atoms with Crippen molar-refractivity contribution in [2.45, 2.75) is 25.2 Å². The van der Waals surface area contributed by atoms with Gasteiger partial charge in [-0.1, -0.05) is 12.2 Å². The lowest BCUT2D eigenvalue weighted by Crippen LogP contribution is -2.01. The van der Waals surface area contributed by atoms with Crippen LogP contribution >= 0.6 is 0 Å². The molecule has 0 N–H and O–H groups in total. The van der Waals surface area contributed by atoms with Crippen LogP contribution in [0.25, 0.3) is 0 Å². The van der Waals surface area contributed by atoms with Crippen molar-refractivity contribution in [3.63, 3.8) is 0 Å². The Bertz CT molecular complexity index is 388. The lowest BCUT2D eigenvalue weighted by molar-refractivity contribution is 0.641. The summed E-state index contributed by atoms with van der Waals surface area (Å²) < 4.78 is 0. The topological polar surface area (TPSA) is 36.7 Å². The van der Waals surface area contributed by atoms with Crippen LogP contribution in [0.2, 0.25) is 0 Å². The SMILES string of the molecule is N#Cc1ccnc(C2C=CCCC2)c1. The van der Waals surface area contributed by atoms with Gasteiger partial charge >= 0.3 is 0 Å². The first-order valence-electron chi connectivity index (χ1n) is 4.93. The first-order valence-corrected chi connectivity index (χ1v) is 4.93. The Hall–Kier alpha value is -1.62. The molecule has 2 heteroatoms. The summed E-state index contributed by atoms with van der Waals surface area (Å²) in [4.78, 5) is 4.31. The van der Waals surface area contributed by atoms with Gasteiger partial charge in [-0.25, -0.2) is 0 Å². The van der Waals surface area contributed by atoms with E-state index in [1.165, 1.54) is 12.8 Å². The molecule has 0 saturated heterocycles. The van der Waals surface area contributed by atoms with Crippen LogP contribution in [0.3, 0.4) is 0 Å². The number of nitriles is 1. The molecule has 0 fully saturated rings. The molecule has 1 aliphatic carbocycles. The van der Waals surface area contributed by atoms with E-state index in [1.807, 2.05) is 6.07 Å². The van der Waals surface area contributed by atoms with Gasteiger partial charge in [-0.2, -0.15) is 5.26 Å². The van der Waals surface area contributed by atoms with Gasteiger partial charge in [-0.15, -0.1) is 0 Å². The minimum Gasteiger partial charge on any atom is -0.261 e. The molecule has 1 heterocycles. The van der Waals surface area contributed by atoms with E-state index in [2.05, 4.69) is 23.2 Å². The van der Waals surface area contributed by atoms with Crippen LogP contribution < -0.4 is 0 Å². The third-order valence-electron chi connectivity index (χ3n) is 2.54. The number of hydrogen-bond acceptors (Lipinski definition) is 2. The average Bonchev–Trinajstić information content (AvgIpc) is 2.30. The minimum absolute atomic E-state index is 0.414. The van der Waals surface area contributed by atoms with Gasteiger partial charge < -0.3 is 0 Å². The maximum Gasteiger partial charge on any atom is 0.0992 e. The normalized spacial score (nSPS) is 20.4. The van der Waals surface area contributed by atoms with Crippen molar-refractivity contribution >= 4 is 0 Å². The highest BCUT2D eigenvalue weighted by molar-refractivity contribution is 5.31. The van der Waals surface area contributed by atoms with E-state index in [-0.39, 0.29) is 0 Å². The number of pyridine rings is 1. The predicted octanol–water partition coefficient (Wildman–Crippen LogP) is 2.78. The molecule has 2 nitrogen and oxygen atoms in total. The van der Waals surface area contributed by atoms with Crippen molar-refractivity contribution in [3.8, 4) is 6.07 Å². The molecule has 2 rings (SSSR count). The highest BCUT2D eigenvalue weighted by atomic mass is 14.7. The van der Waals surface area contributed by atoms with Gasteiger partial charge in [-0.05, 0) is 31.4 Å². The monoisotopic (exact) mass is 184 g/mol. The van der Waals surface area contributed by atoms with Gasteiger partial charge in [0, 0.05) is 17.8 Å². The molecular formula is C12H12N2. The second-order valence-corrected chi connectivity index (χ2v) is 3.55. The minimum atomic E-state index is 0.414. The van der Waals surface area contributed by atoms with Crippen molar-refractivity contribution in [1.82, 2.24) is 4.98 Å². The highest BCUT2D eigenvalue weighted by Crippen LogP contribution is 2.26. The summed E-state index contributed by atoms with van der Waals surface area (Å²) in [7, 11) is 0. The Morgan fingerprint density at radius 3 is 3.14 bits per heavy atom. The molecule has 0 saturated carbocycles. The Balaban J connectivity index is 2.27. The van der Waals surface area contributed by atoms with Crippen LogP contribution in [0.15, 0.2) is 30.5 Å². The van der Waals surface area contributed by atoms with Gasteiger partial charge in [0.25, 0.3) is 0 Å². The molecule has 1 aliphatic rings. The predicted molar refractivity (Wildman–Crippen MR) is 54.7 cm³/mol. The molecule has 70 valence electrons. The zero-order valence-corrected chi connectivity index (χ0v) is 7.98. The standard InChI is InChI=1S/C12H12N2/c13-9-10-6-7-14-12(8-10)11-4-2-1-3-5-11/h2,4,6-8,11H,1,3,5H2. The smallest absolute Gasteiger partial charge is 0.0992 e. The summed E-state index contributed by atoms with van der Waals surface area (Å²) in [5.74, 6) is 0.414. The van der Waals surface area contributed by atoms with Crippen molar-refractivity contribution in [2.24, 2.45) is 0 Å². The fourth-order valence-electron chi connectivity index (χ4n) is 1.78. The van der Waals surface area contributed by atoms with Crippen LogP contribution in [0.1, 0.15) is 36.4 Å². The Labute approximate surface area is 83.9 Å². The summed E-state index contributed by atoms with van der Waals surface area (Å²) >= 11 is 0. The largest absolute Gasteiger partial charge is 0.261 e. The molecule has 0 bridgehead atoms. The van der Waals surface area contributed by atoms with Crippen LogP contribution in [0.4, 0.5) is 0 Å². The summed E-state index contributed by atoms with van der Waals surface area (Å²) in [5.41, 5.74) is 1.73. The second-order valence-electron chi connectivity index (χ2n) is 3.55. The lowest BCUT2D eigenvalue weighted by atomic mass is 9.92. The molecule has 0 aliphatic heterocycles. The van der Waals surface area contributed by atoms with Crippen LogP contribution in [0.5, 0.6) is 0 Å². The maximum absolute atomic E-state index is 8.76. The zero-order valence-electron chi connectivity index (χ0n) is 7.98. The van der Waals surface area contributed by atoms with Gasteiger partial charge in [0.15, 0.2) is 0 Å². The van der Waals surface area contributed by atoms with E-state index < -0.39 is 0 Å². The van der Waals surface area contributed by atoms with Crippen LogP contribution in [-0.2, 0) is 0 Å². The van der Waals surface area contributed by atoms with Gasteiger partial charge in [0.1, 0.15) is 0 Å². The van der Waals surface area contributed by atoms with Crippen molar-refractivity contribution in [1.29, 1.82) is 5.26 Å². The Morgan fingerprint density at radius 2 is 2.43 bits per heavy atom. The average molecular weight is 184 g/mol. The zero-order chi connectivity index (χ0) is 9.80. The van der Waals surface area contributed by atoms with Gasteiger partial charge in [0.2, 0.25) is 0 Å². The van der Waals surface area contributed by atoms with E-state index in [0.717, 1.165) is 12.1 Å². The molecule has 0 spiro atoms. The van der Waals surface area contributed by atoms with Gasteiger partial charge in [-0.3, -0.25) is 4.98 Å². The molecule has 1 aromatic rings. The molecular weight excluding hydrogens is 172 g/mol. The number of rotatable bonds is 1. The summed E-state index contributed by atoms with van der Waals surface area (Å²) in [6.07, 6.45) is 9.67. The lowest BCUT2D eigenvalue weighted by Gasteiger charge is -2.15. The van der Waals surface area contributed by atoms with E-state index in [0.29, 0.717) is 11.5 Å². The third kappa shape index (κ3) is 1.82.